The second kappa shape index (κ2) is 6.25. The van der Waals surface area contributed by atoms with Crippen molar-refractivity contribution in [3.8, 4) is 0 Å². The fourth-order valence-electron chi connectivity index (χ4n) is 1.41. The molecule has 0 aliphatic rings. The van der Waals surface area contributed by atoms with Crippen LogP contribution >= 0.6 is 27.3 Å². The van der Waals surface area contributed by atoms with E-state index in [-0.39, 0.29) is 6.54 Å². The molecule has 0 aromatic carbocycles. The van der Waals surface area contributed by atoms with Crippen molar-refractivity contribution in [2.75, 3.05) is 13.1 Å². The van der Waals surface area contributed by atoms with Gasteiger partial charge in [-0.15, -0.1) is 11.3 Å². The molecule has 0 fully saturated rings. The molecule has 0 saturated carbocycles. The van der Waals surface area contributed by atoms with Crippen molar-refractivity contribution in [3.05, 3.63) is 20.8 Å². The van der Waals surface area contributed by atoms with Gasteiger partial charge < -0.3 is 5.11 Å². The van der Waals surface area contributed by atoms with Crippen LogP contribution in [0.4, 0.5) is 0 Å². The van der Waals surface area contributed by atoms with E-state index in [2.05, 4.69) is 28.2 Å². The SMILES string of the molecule is CCCN(CC(=O)O)Cc1csc(Br)c1. The number of carbonyl (C=O) groups is 1. The van der Waals surface area contributed by atoms with Gasteiger partial charge in [0, 0.05) is 6.54 Å². The summed E-state index contributed by atoms with van der Waals surface area (Å²) >= 11 is 5.02. The van der Waals surface area contributed by atoms with E-state index in [4.69, 9.17) is 5.11 Å². The third-order valence-corrected chi connectivity index (χ3v) is 3.48. The fourth-order valence-corrected chi connectivity index (χ4v) is 2.61. The average molecular weight is 292 g/mol. The number of carboxylic acid groups (broad SMARTS) is 1. The van der Waals surface area contributed by atoms with E-state index in [1.54, 1.807) is 11.3 Å². The molecule has 1 rings (SSSR count). The molecule has 0 saturated heterocycles. The lowest BCUT2D eigenvalue weighted by molar-refractivity contribution is -0.138. The quantitative estimate of drug-likeness (QED) is 0.876. The smallest absolute Gasteiger partial charge is 0.317 e. The molecular weight excluding hydrogens is 278 g/mol. The number of carboxylic acids is 1. The Morgan fingerprint density at radius 3 is 2.87 bits per heavy atom. The highest BCUT2D eigenvalue weighted by Crippen LogP contribution is 2.21. The van der Waals surface area contributed by atoms with Gasteiger partial charge in [0.15, 0.2) is 0 Å². The zero-order valence-corrected chi connectivity index (χ0v) is 11.0. The maximum absolute atomic E-state index is 10.6. The van der Waals surface area contributed by atoms with Gasteiger partial charge in [0.25, 0.3) is 0 Å². The Hall–Kier alpha value is -0.390. The second-order valence-electron chi connectivity index (χ2n) is 3.36. The van der Waals surface area contributed by atoms with E-state index >= 15 is 0 Å². The van der Waals surface area contributed by atoms with Gasteiger partial charge >= 0.3 is 5.97 Å². The van der Waals surface area contributed by atoms with E-state index in [0.29, 0.717) is 6.54 Å². The molecule has 84 valence electrons. The number of halogens is 1. The Labute approximate surface area is 102 Å². The van der Waals surface area contributed by atoms with Crippen LogP contribution in [0.5, 0.6) is 0 Å². The fraction of sp³-hybridized carbons (Fsp3) is 0.500. The molecule has 0 aliphatic heterocycles. The summed E-state index contributed by atoms with van der Waals surface area (Å²) in [4.78, 5) is 12.6. The van der Waals surface area contributed by atoms with Gasteiger partial charge in [-0.1, -0.05) is 6.92 Å². The van der Waals surface area contributed by atoms with Crippen LogP contribution in [0.1, 0.15) is 18.9 Å². The molecule has 15 heavy (non-hydrogen) atoms. The molecule has 1 N–H and O–H groups in total. The number of hydrogen-bond acceptors (Lipinski definition) is 3. The summed E-state index contributed by atoms with van der Waals surface area (Å²) in [6.45, 7) is 3.70. The van der Waals surface area contributed by atoms with Crippen LogP contribution in [0.15, 0.2) is 15.2 Å². The molecule has 0 unspecified atom stereocenters. The largest absolute Gasteiger partial charge is 0.480 e. The topological polar surface area (TPSA) is 40.5 Å². The summed E-state index contributed by atoms with van der Waals surface area (Å²) in [5.74, 6) is -0.766. The zero-order chi connectivity index (χ0) is 11.3. The van der Waals surface area contributed by atoms with E-state index < -0.39 is 5.97 Å². The van der Waals surface area contributed by atoms with E-state index in [1.807, 2.05) is 11.0 Å². The lowest BCUT2D eigenvalue weighted by Gasteiger charge is -2.18. The third-order valence-electron chi connectivity index (χ3n) is 1.93. The molecule has 0 spiro atoms. The van der Waals surface area contributed by atoms with Gasteiger partial charge in [-0.2, -0.15) is 0 Å². The van der Waals surface area contributed by atoms with Crippen LogP contribution in [0.3, 0.4) is 0 Å². The molecular formula is C10H14BrNO2S. The second-order valence-corrected chi connectivity index (χ2v) is 5.65. The third kappa shape index (κ3) is 4.77. The van der Waals surface area contributed by atoms with Gasteiger partial charge in [-0.25, -0.2) is 0 Å². The monoisotopic (exact) mass is 291 g/mol. The van der Waals surface area contributed by atoms with Crippen LogP contribution < -0.4 is 0 Å². The van der Waals surface area contributed by atoms with Gasteiger partial charge in [0.05, 0.1) is 10.3 Å². The summed E-state index contributed by atoms with van der Waals surface area (Å²) in [7, 11) is 0. The molecule has 5 heteroatoms. The number of hydrogen-bond donors (Lipinski definition) is 1. The van der Waals surface area contributed by atoms with Crippen molar-refractivity contribution >= 4 is 33.2 Å². The van der Waals surface area contributed by atoms with Crippen molar-refractivity contribution < 1.29 is 9.90 Å². The maximum Gasteiger partial charge on any atom is 0.317 e. The zero-order valence-electron chi connectivity index (χ0n) is 8.57. The predicted molar refractivity (Wildman–Crippen MR) is 65.2 cm³/mol. The highest BCUT2D eigenvalue weighted by atomic mass is 79.9. The van der Waals surface area contributed by atoms with Gasteiger partial charge in [-0.05, 0) is 45.9 Å². The number of aliphatic carboxylic acids is 1. The number of thiophene rings is 1. The van der Waals surface area contributed by atoms with Crippen LogP contribution in [-0.2, 0) is 11.3 Å². The summed E-state index contributed by atoms with van der Waals surface area (Å²) in [6.07, 6.45) is 0.971. The molecule has 3 nitrogen and oxygen atoms in total. The Kier molecular flexibility index (Phi) is 5.28. The van der Waals surface area contributed by atoms with Crippen LogP contribution in [0.25, 0.3) is 0 Å². The average Bonchev–Trinajstić information content (AvgIpc) is 2.50. The Bertz CT molecular complexity index is 327. The highest BCUT2D eigenvalue weighted by molar-refractivity contribution is 9.11. The Balaban J connectivity index is 2.53. The minimum absolute atomic E-state index is 0.112. The van der Waals surface area contributed by atoms with E-state index in [1.165, 1.54) is 5.56 Å². The summed E-state index contributed by atoms with van der Waals surface area (Å²) in [5.41, 5.74) is 1.17. The first-order chi connectivity index (χ1) is 7.11. The van der Waals surface area contributed by atoms with Crippen LogP contribution in [-0.4, -0.2) is 29.1 Å². The predicted octanol–water partition coefficient (Wildman–Crippen LogP) is 2.81. The normalized spacial score (nSPS) is 10.9. The van der Waals surface area contributed by atoms with Gasteiger partial charge in [-0.3, -0.25) is 9.69 Å². The molecule has 1 heterocycles. The molecule has 1 aromatic heterocycles. The summed E-state index contributed by atoms with van der Waals surface area (Å²) in [6, 6.07) is 2.04. The van der Waals surface area contributed by atoms with Crippen molar-refractivity contribution in [1.82, 2.24) is 4.90 Å². The summed E-state index contributed by atoms with van der Waals surface area (Å²) in [5, 5.41) is 10.8. The molecule has 0 amide bonds. The standard InChI is InChI=1S/C10H14BrNO2S/c1-2-3-12(6-10(13)14)5-8-4-9(11)15-7-8/h4,7H,2-3,5-6H2,1H3,(H,13,14). The van der Waals surface area contributed by atoms with Crippen LogP contribution in [0, 0.1) is 0 Å². The van der Waals surface area contributed by atoms with Crippen LogP contribution in [0.2, 0.25) is 0 Å². The first kappa shape index (κ1) is 12.7. The summed E-state index contributed by atoms with van der Waals surface area (Å²) < 4.78 is 1.09. The first-order valence-electron chi connectivity index (χ1n) is 4.79. The molecule has 0 radical (unpaired) electrons. The van der Waals surface area contributed by atoms with Gasteiger partial charge in [0.1, 0.15) is 0 Å². The minimum Gasteiger partial charge on any atom is -0.480 e. The Morgan fingerprint density at radius 1 is 1.67 bits per heavy atom. The molecule has 0 bridgehead atoms. The first-order valence-corrected chi connectivity index (χ1v) is 6.46. The number of nitrogens with zero attached hydrogens (tertiary/aromatic N) is 1. The maximum atomic E-state index is 10.6. The van der Waals surface area contributed by atoms with Crippen molar-refractivity contribution in [2.24, 2.45) is 0 Å². The lowest BCUT2D eigenvalue weighted by Crippen LogP contribution is -2.29. The van der Waals surface area contributed by atoms with Crippen molar-refractivity contribution in [3.63, 3.8) is 0 Å². The van der Waals surface area contributed by atoms with E-state index in [0.717, 1.165) is 16.8 Å². The molecule has 1 aromatic rings. The molecule has 0 atom stereocenters. The van der Waals surface area contributed by atoms with Gasteiger partial charge in [0.2, 0.25) is 0 Å². The highest BCUT2D eigenvalue weighted by Gasteiger charge is 2.09. The minimum atomic E-state index is -0.766. The lowest BCUT2D eigenvalue weighted by atomic mass is 10.3. The van der Waals surface area contributed by atoms with Crippen molar-refractivity contribution in [2.45, 2.75) is 19.9 Å². The molecule has 0 aliphatic carbocycles. The van der Waals surface area contributed by atoms with E-state index in [9.17, 15) is 4.79 Å². The Morgan fingerprint density at radius 2 is 2.40 bits per heavy atom. The van der Waals surface area contributed by atoms with Crippen molar-refractivity contribution in [1.29, 1.82) is 0 Å². The number of rotatable bonds is 6.